The Hall–Kier alpha value is -4.06. The van der Waals surface area contributed by atoms with Crippen molar-refractivity contribution in [3.05, 3.63) is 47.5 Å². The van der Waals surface area contributed by atoms with Gasteiger partial charge in [-0.1, -0.05) is 20.8 Å². The summed E-state index contributed by atoms with van der Waals surface area (Å²) in [5, 5.41) is 13.8. The van der Waals surface area contributed by atoms with Gasteiger partial charge in [0.15, 0.2) is 6.61 Å². The molecule has 0 spiro atoms. The molecule has 0 unspecified atom stereocenters. The number of urea groups is 1. The molecule has 1 aliphatic rings. The molecule has 2 aromatic carbocycles. The molecule has 1 heterocycles. The number of ether oxygens (including phenoxy) is 2. The number of nitrogens with zero attached hydrogens (tertiary/aromatic N) is 2. The van der Waals surface area contributed by atoms with Crippen molar-refractivity contribution in [2.24, 2.45) is 0 Å². The molecule has 9 nitrogen and oxygen atoms in total. The molecular weight excluding hydrogens is 424 g/mol. The van der Waals surface area contributed by atoms with Gasteiger partial charge >= 0.3 is 6.03 Å². The Labute approximate surface area is 192 Å². The number of methoxy groups -OCH3 is 1. The summed E-state index contributed by atoms with van der Waals surface area (Å²) in [5.74, 6) is 0.167. The van der Waals surface area contributed by atoms with Crippen LogP contribution < -0.4 is 25.0 Å². The van der Waals surface area contributed by atoms with E-state index in [0.29, 0.717) is 22.9 Å². The molecule has 0 aliphatic carbocycles. The van der Waals surface area contributed by atoms with Crippen LogP contribution in [-0.2, 0) is 10.2 Å². The zero-order valence-electron chi connectivity index (χ0n) is 19.0. The van der Waals surface area contributed by atoms with Gasteiger partial charge in [-0.15, -0.1) is 0 Å². The second-order valence-corrected chi connectivity index (χ2v) is 8.50. The highest BCUT2D eigenvalue weighted by atomic mass is 16.5. The molecule has 33 heavy (non-hydrogen) atoms. The number of rotatable bonds is 6. The molecular formula is C24H26N4O5. The van der Waals surface area contributed by atoms with Crippen LogP contribution in [0.15, 0.2) is 36.4 Å². The van der Waals surface area contributed by atoms with E-state index in [9.17, 15) is 14.4 Å². The van der Waals surface area contributed by atoms with Gasteiger partial charge in [0.2, 0.25) is 5.91 Å². The minimum absolute atomic E-state index is 0.0685. The predicted octanol–water partition coefficient (Wildman–Crippen LogP) is 3.59. The van der Waals surface area contributed by atoms with Crippen LogP contribution in [0.3, 0.4) is 0 Å². The molecule has 0 saturated carbocycles. The standard InChI is InChI=1S/C24H26N4O5/c1-24(2,3)19-14-16(28-11-9-20(29)27-23(28)31)13-18(21(19)32-4)22(30)26-15-5-7-17(8-6-15)33-12-10-25/h5-8,13-14H,9,11-12H2,1-4H3,(H,26,30)(H,27,29,31). The molecule has 0 radical (unpaired) electrons. The lowest BCUT2D eigenvalue weighted by atomic mass is 9.84. The smallest absolute Gasteiger partial charge is 0.328 e. The molecule has 1 aliphatic heterocycles. The summed E-state index contributed by atoms with van der Waals surface area (Å²) in [7, 11) is 1.49. The van der Waals surface area contributed by atoms with E-state index in [1.165, 1.54) is 12.0 Å². The van der Waals surface area contributed by atoms with Crippen molar-refractivity contribution in [1.29, 1.82) is 5.26 Å². The van der Waals surface area contributed by atoms with Gasteiger partial charge in [-0.25, -0.2) is 4.79 Å². The lowest BCUT2D eigenvalue weighted by molar-refractivity contribution is -0.120. The van der Waals surface area contributed by atoms with Gasteiger partial charge in [0.1, 0.15) is 17.6 Å². The maximum atomic E-state index is 13.3. The van der Waals surface area contributed by atoms with Gasteiger partial charge < -0.3 is 14.8 Å². The molecule has 2 N–H and O–H groups in total. The number of carbonyl (C=O) groups excluding carboxylic acids is 3. The molecule has 172 valence electrons. The first-order chi connectivity index (χ1) is 15.6. The molecule has 0 atom stereocenters. The maximum Gasteiger partial charge on any atom is 0.328 e. The lowest BCUT2D eigenvalue weighted by Gasteiger charge is -2.30. The largest absolute Gasteiger partial charge is 0.496 e. The Bertz CT molecular complexity index is 1110. The van der Waals surface area contributed by atoms with E-state index in [1.807, 2.05) is 32.9 Å². The van der Waals surface area contributed by atoms with E-state index < -0.39 is 17.4 Å². The Morgan fingerprint density at radius 3 is 2.48 bits per heavy atom. The minimum atomic E-state index is -0.532. The summed E-state index contributed by atoms with van der Waals surface area (Å²) in [6.07, 6.45) is 0.171. The zero-order valence-corrected chi connectivity index (χ0v) is 19.0. The highest BCUT2D eigenvalue weighted by molar-refractivity contribution is 6.09. The first kappa shape index (κ1) is 23.6. The summed E-state index contributed by atoms with van der Waals surface area (Å²) in [5.41, 5.74) is 1.64. The van der Waals surface area contributed by atoms with Gasteiger partial charge in [-0.3, -0.25) is 19.8 Å². The quantitative estimate of drug-likeness (QED) is 0.694. The van der Waals surface area contributed by atoms with Crippen LogP contribution in [0, 0.1) is 11.3 Å². The lowest BCUT2D eigenvalue weighted by Crippen LogP contribution is -2.49. The first-order valence-corrected chi connectivity index (χ1v) is 10.4. The molecule has 0 bridgehead atoms. The van der Waals surface area contributed by atoms with Crippen LogP contribution in [-0.4, -0.2) is 38.1 Å². The van der Waals surface area contributed by atoms with Gasteiger partial charge in [-0.05, 0) is 41.8 Å². The zero-order chi connectivity index (χ0) is 24.2. The van der Waals surface area contributed by atoms with E-state index in [2.05, 4.69) is 10.6 Å². The van der Waals surface area contributed by atoms with Crippen LogP contribution in [0.2, 0.25) is 0 Å². The Kier molecular flexibility index (Phi) is 6.87. The SMILES string of the molecule is COc1c(C(=O)Nc2ccc(OCC#N)cc2)cc(N2CCC(=O)NC2=O)cc1C(C)(C)C. The third-order valence-corrected chi connectivity index (χ3v) is 5.11. The molecule has 1 saturated heterocycles. The molecule has 4 amide bonds. The number of nitriles is 1. The van der Waals surface area contributed by atoms with Crippen molar-refractivity contribution >= 4 is 29.2 Å². The third kappa shape index (κ3) is 5.41. The van der Waals surface area contributed by atoms with Crippen molar-refractivity contribution in [3.63, 3.8) is 0 Å². The number of hydrogen-bond acceptors (Lipinski definition) is 6. The second kappa shape index (κ2) is 9.61. The maximum absolute atomic E-state index is 13.3. The van der Waals surface area contributed by atoms with Crippen LogP contribution in [0.5, 0.6) is 11.5 Å². The summed E-state index contributed by atoms with van der Waals surface area (Å²) in [6.45, 7) is 6.09. The topological polar surface area (TPSA) is 121 Å². The van der Waals surface area contributed by atoms with E-state index in [-0.39, 0.29) is 31.0 Å². The monoisotopic (exact) mass is 450 g/mol. The number of amides is 4. The van der Waals surface area contributed by atoms with Crippen molar-refractivity contribution in [2.45, 2.75) is 32.6 Å². The van der Waals surface area contributed by atoms with Crippen molar-refractivity contribution in [3.8, 4) is 17.6 Å². The highest BCUT2D eigenvalue weighted by Crippen LogP contribution is 2.38. The Balaban J connectivity index is 1.98. The number of anilines is 2. The summed E-state index contributed by atoms with van der Waals surface area (Å²) < 4.78 is 10.9. The fraction of sp³-hybridized carbons (Fsp3) is 0.333. The summed E-state index contributed by atoms with van der Waals surface area (Å²) in [4.78, 5) is 38.7. The van der Waals surface area contributed by atoms with Crippen LogP contribution in [0.1, 0.15) is 43.1 Å². The van der Waals surface area contributed by atoms with Gasteiger partial charge in [0, 0.05) is 29.9 Å². The minimum Gasteiger partial charge on any atom is -0.496 e. The summed E-state index contributed by atoms with van der Waals surface area (Å²) in [6, 6.07) is 11.4. The van der Waals surface area contributed by atoms with Crippen LogP contribution >= 0.6 is 0 Å². The van der Waals surface area contributed by atoms with E-state index >= 15 is 0 Å². The third-order valence-electron chi connectivity index (χ3n) is 5.11. The summed E-state index contributed by atoms with van der Waals surface area (Å²) >= 11 is 0. The van der Waals surface area contributed by atoms with Gasteiger partial charge in [0.25, 0.3) is 5.91 Å². The number of hydrogen-bond donors (Lipinski definition) is 2. The van der Waals surface area contributed by atoms with E-state index in [0.717, 1.165) is 5.56 Å². The molecule has 0 aromatic heterocycles. The predicted molar refractivity (Wildman–Crippen MR) is 123 cm³/mol. The average molecular weight is 450 g/mol. The molecule has 9 heteroatoms. The first-order valence-electron chi connectivity index (χ1n) is 10.4. The number of imide groups is 1. The van der Waals surface area contributed by atoms with E-state index in [4.69, 9.17) is 14.7 Å². The normalized spacial score (nSPS) is 13.7. The van der Waals surface area contributed by atoms with Crippen molar-refractivity contribution < 1.29 is 23.9 Å². The van der Waals surface area contributed by atoms with Crippen LogP contribution in [0.4, 0.5) is 16.2 Å². The molecule has 3 rings (SSSR count). The molecule has 1 fully saturated rings. The number of carbonyl (C=O) groups is 3. The Morgan fingerprint density at radius 2 is 1.91 bits per heavy atom. The molecule has 2 aromatic rings. The van der Waals surface area contributed by atoms with Crippen LogP contribution in [0.25, 0.3) is 0 Å². The Morgan fingerprint density at radius 1 is 1.21 bits per heavy atom. The second-order valence-electron chi connectivity index (χ2n) is 8.50. The number of benzene rings is 2. The fourth-order valence-electron chi connectivity index (χ4n) is 3.47. The van der Waals surface area contributed by atoms with Gasteiger partial charge in [-0.2, -0.15) is 5.26 Å². The van der Waals surface area contributed by atoms with Crippen molar-refractivity contribution in [2.75, 3.05) is 30.5 Å². The highest BCUT2D eigenvalue weighted by Gasteiger charge is 2.30. The van der Waals surface area contributed by atoms with E-state index in [1.54, 1.807) is 30.3 Å². The van der Waals surface area contributed by atoms with Gasteiger partial charge in [0.05, 0.1) is 12.7 Å². The average Bonchev–Trinajstić information content (AvgIpc) is 2.77. The number of nitrogens with one attached hydrogen (secondary N) is 2. The fourth-order valence-corrected chi connectivity index (χ4v) is 3.47. The van der Waals surface area contributed by atoms with Crippen molar-refractivity contribution in [1.82, 2.24) is 5.32 Å².